The van der Waals surface area contributed by atoms with E-state index in [1.165, 1.54) is 109 Å². The third-order valence-corrected chi connectivity index (χ3v) is 16.2. The SMILES string of the molecule is C[C@H]1CC2C[C@H](C)CC(c3ccc(-c4ccc(N(c5ccc(-c6cccc(-n7c8ccccc8c8c9ccccc9ccc87)c6)cc5)c5ccc(-c6ccccc6-c6ccccc6)cc5)cc4)cc3)(C2)C1. The number of fused-ring (bicyclic) bond motifs is 7. The minimum atomic E-state index is 0.336. The van der Waals surface area contributed by atoms with Gasteiger partial charge in [0.05, 0.1) is 11.0 Å². The number of hydrogen-bond donors (Lipinski definition) is 0. The molecular formula is C69H58N2. The van der Waals surface area contributed by atoms with Gasteiger partial charge in [-0.2, -0.15) is 0 Å². The van der Waals surface area contributed by atoms with Crippen LogP contribution in [0.15, 0.2) is 237 Å². The molecule has 2 heteroatoms. The fraction of sp³-hybridized carbons (Fsp3) is 0.159. The monoisotopic (exact) mass is 914 g/mol. The second-order valence-corrected chi connectivity index (χ2v) is 21.0. The maximum Gasteiger partial charge on any atom is 0.0547 e. The summed E-state index contributed by atoms with van der Waals surface area (Å²) in [5.41, 5.74) is 18.5. The minimum absolute atomic E-state index is 0.336. The number of hydrogen-bond acceptors (Lipinski definition) is 1. The van der Waals surface area contributed by atoms with Gasteiger partial charge in [-0.15, -0.1) is 0 Å². The van der Waals surface area contributed by atoms with Crippen molar-refractivity contribution >= 4 is 49.6 Å². The van der Waals surface area contributed by atoms with Crippen molar-refractivity contribution in [2.24, 2.45) is 17.8 Å². The summed E-state index contributed by atoms with van der Waals surface area (Å²) < 4.78 is 2.43. The average molecular weight is 915 g/mol. The highest BCUT2D eigenvalue weighted by atomic mass is 15.1. The number of anilines is 3. The summed E-state index contributed by atoms with van der Waals surface area (Å²) in [4.78, 5) is 2.40. The van der Waals surface area contributed by atoms with Crippen molar-refractivity contribution in [1.82, 2.24) is 4.57 Å². The first-order chi connectivity index (χ1) is 34.9. The van der Waals surface area contributed by atoms with Crippen molar-refractivity contribution in [3.63, 3.8) is 0 Å². The molecule has 0 unspecified atom stereocenters. The van der Waals surface area contributed by atoms with Crippen LogP contribution in [0.1, 0.15) is 51.5 Å². The quantitative estimate of drug-likeness (QED) is 0.140. The molecule has 10 aromatic carbocycles. The Labute approximate surface area is 418 Å². The maximum absolute atomic E-state index is 2.48. The molecule has 2 saturated carbocycles. The number of para-hydroxylation sites is 1. The van der Waals surface area contributed by atoms with Gasteiger partial charge in [-0.25, -0.2) is 0 Å². The van der Waals surface area contributed by atoms with E-state index in [9.17, 15) is 0 Å². The molecule has 1 aromatic heterocycles. The summed E-state index contributed by atoms with van der Waals surface area (Å²) in [6.45, 7) is 4.97. The van der Waals surface area contributed by atoms with Crippen LogP contribution >= 0.6 is 0 Å². The summed E-state index contributed by atoms with van der Waals surface area (Å²) in [7, 11) is 0. The molecule has 0 saturated heterocycles. The standard InChI is InChI=1S/C69H58N2/c1-47-41-49-42-48(2)45-69(44-47,46-49)57-32-23-50(24-33-57)51-25-34-58(35-26-51)70(60-38-29-55(30-39-60)63-19-9-8-18-62(63)53-13-4-3-5-14-53)59-36-27-52(28-37-59)56-16-12-17-61(43-56)71-66-22-11-10-21-65(66)68-64-20-7-6-15-54(64)31-40-67(68)71/h3-40,43,47-49H,41-42,44-46H2,1-2H3/t47-,48-,49?,69?/m0/s1. The highest BCUT2D eigenvalue weighted by Gasteiger charge is 2.45. The van der Waals surface area contributed by atoms with Crippen molar-refractivity contribution < 1.29 is 0 Å². The normalized spacial score (nSPS) is 18.8. The van der Waals surface area contributed by atoms with Crippen molar-refractivity contribution in [2.45, 2.75) is 51.4 Å². The van der Waals surface area contributed by atoms with Crippen molar-refractivity contribution in [1.29, 1.82) is 0 Å². The van der Waals surface area contributed by atoms with Crippen LogP contribution in [-0.4, -0.2) is 4.57 Å². The Balaban J connectivity index is 0.849. The van der Waals surface area contributed by atoms with Gasteiger partial charge >= 0.3 is 0 Å². The smallest absolute Gasteiger partial charge is 0.0547 e. The van der Waals surface area contributed by atoms with E-state index in [0.717, 1.165) is 40.5 Å². The van der Waals surface area contributed by atoms with Gasteiger partial charge in [-0.3, -0.25) is 0 Å². The van der Waals surface area contributed by atoms with E-state index in [4.69, 9.17) is 0 Å². The predicted molar refractivity (Wildman–Crippen MR) is 301 cm³/mol. The first kappa shape index (κ1) is 43.1. The molecule has 0 amide bonds. The van der Waals surface area contributed by atoms with Crippen molar-refractivity contribution in [3.05, 3.63) is 242 Å². The second-order valence-electron chi connectivity index (χ2n) is 21.0. The van der Waals surface area contributed by atoms with Gasteiger partial charge in [0, 0.05) is 33.5 Å². The molecule has 2 aliphatic rings. The molecule has 2 fully saturated rings. The van der Waals surface area contributed by atoms with E-state index < -0.39 is 0 Å². The molecule has 2 atom stereocenters. The van der Waals surface area contributed by atoms with Gasteiger partial charge in [-0.1, -0.05) is 190 Å². The predicted octanol–water partition coefficient (Wildman–Crippen LogP) is 19.2. The van der Waals surface area contributed by atoms with Crippen LogP contribution in [0.4, 0.5) is 17.1 Å². The second kappa shape index (κ2) is 17.8. The molecule has 344 valence electrons. The summed E-state index contributed by atoms with van der Waals surface area (Å²) in [6, 6.07) is 87.7. The third kappa shape index (κ3) is 7.83. The van der Waals surface area contributed by atoms with Crippen LogP contribution in [0.25, 0.3) is 82.8 Å². The Hall–Kier alpha value is -7.94. The van der Waals surface area contributed by atoms with Crippen LogP contribution < -0.4 is 4.90 Å². The minimum Gasteiger partial charge on any atom is -0.311 e. The molecule has 2 aliphatic carbocycles. The highest BCUT2D eigenvalue weighted by molar-refractivity contribution is 6.21. The topological polar surface area (TPSA) is 8.17 Å². The highest BCUT2D eigenvalue weighted by Crippen LogP contribution is 2.54. The Morgan fingerprint density at radius 2 is 0.901 bits per heavy atom. The number of nitrogens with zero attached hydrogens (tertiary/aromatic N) is 2. The van der Waals surface area contributed by atoms with Gasteiger partial charge < -0.3 is 9.47 Å². The first-order valence-electron chi connectivity index (χ1n) is 25.8. The van der Waals surface area contributed by atoms with Crippen molar-refractivity contribution in [2.75, 3.05) is 4.90 Å². The Kier molecular flexibility index (Phi) is 10.8. The number of aromatic nitrogens is 1. The van der Waals surface area contributed by atoms with Gasteiger partial charge in [0.1, 0.15) is 0 Å². The van der Waals surface area contributed by atoms with E-state index in [1.54, 1.807) is 5.56 Å². The zero-order chi connectivity index (χ0) is 47.5. The molecular weight excluding hydrogens is 857 g/mol. The zero-order valence-corrected chi connectivity index (χ0v) is 40.7. The Morgan fingerprint density at radius 3 is 1.55 bits per heavy atom. The van der Waals surface area contributed by atoms with E-state index in [-0.39, 0.29) is 0 Å². The molecule has 0 N–H and O–H groups in total. The largest absolute Gasteiger partial charge is 0.311 e. The third-order valence-electron chi connectivity index (χ3n) is 16.2. The number of benzene rings is 10. The van der Waals surface area contributed by atoms with E-state index in [1.807, 2.05) is 0 Å². The molecule has 2 nitrogen and oxygen atoms in total. The maximum atomic E-state index is 2.48. The molecule has 2 bridgehead atoms. The molecule has 13 rings (SSSR count). The lowest BCUT2D eigenvalue weighted by Gasteiger charge is -2.50. The zero-order valence-electron chi connectivity index (χ0n) is 40.7. The Morgan fingerprint density at radius 1 is 0.394 bits per heavy atom. The Bertz CT molecular complexity index is 3680. The molecule has 1 heterocycles. The molecule has 0 aliphatic heterocycles. The first-order valence-corrected chi connectivity index (χ1v) is 25.8. The van der Waals surface area contributed by atoms with E-state index in [2.05, 4.69) is 260 Å². The lowest BCUT2D eigenvalue weighted by Crippen LogP contribution is -2.42. The van der Waals surface area contributed by atoms with Crippen LogP contribution in [0.2, 0.25) is 0 Å². The van der Waals surface area contributed by atoms with Gasteiger partial charge in [0.15, 0.2) is 0 Å². The summed E-state index contributed by atoms with van der Waals surface area (Å²) >= 11 is 0. The fourth-order valence-corrected chi connectivity index (χ4v) is 13.4. The molecule has 11 aromatic rings. The van der Waals surface area contributed by atoms with Crippen LogP contribution in [0, 0.1) is 17.8 Å². The molecule has 0 spiro atoms. The van der Waals surface area contributed by atoms with E-state index >= 15 is 0 Å². The lowest BCUT2D eigenvalue weighted by atomic mass is 9.54. The van der Waals surface area contributed by atoms with Crippen LogP contribution in [0.5, 0.6) is 0 Å². The van der Waals surface area contributed by atoms with Gasteiger partial charge in [-0.05, 0) is 177 Å². The number of rotatable bonds is 9. The van der Waals surface area contributed by atoms with E-state index in [0.29, 0.717) is 5.41 Å². The molecule has 71 heavy (non-hydrogen) atoms. The van der Waals surface area contributed by atoms with Crippen LogP contribution in [-0.2, 0) is 5.41 Å². The lowest BCUT2D eigenvalue weighted by molar-refractivity contribution is 0.0780. The summed E-state index contributed by atoms with van der Waals surface area (Å²) in [5, 5.41) is 5.12. The van der Waals surface area contributed by atoms with Crippen LogP contribution in [0.3, 0.4) is 0 Å². The van der Waals surface area contributed by atoms with Gasteiger partial charge in [0.25, 0.3) is 0 Å². The summed E-state index contributed by atoms with van der Waals surface area (Å²) in [6.07, 6.45) is 6.82. The van der Waals surface area contributed by atoms with Crippen molar-refractivity contribution in [3.8, 4) is 50.2 Å². The molecule has 0 radical (unpaired) electrons. The fourth-order valence-electron chi connectivity index (χ4n) is 13.4. The average Bonchev–Trinajstić information content (AvgIpc) is 3.77. The summed E-state index contributed by atoms with van der Waals surface area (Å²) in [5.74, 6) is 2.48. The van der Waals surface area contributed by atoms with Gasteiger partial charge in [0.2, 0.25) is 0 Å².